The molecule has 176 valence electrons. The molecule has 7 heteroatoms. The van der Waals surface area contributed by atoms with Gasteiger partial charge in [-0.2, -0.15) is 0 Å². The van der Waals surface area contributed by atoms with Crippen molar-refractivity contribution in [1.82, 2.24) is 0 Å². The van der Waals surface area contributed by atoms with Gasteiger partial charge in [-0.25, -0.2) is 16.8 Å². The summed E-state index contributed by atoms with van der Waals surface area (Å²) in [6.45, 7) is 0. The SMILES string of the molecule is O=S(=O)(/C(=C\O/C=C(/c1ccccc1)S(=O)(=O)c1ccccc1)c1ccccc1)c1ccccc1. The molecule has 0 bridgehead atoms. The van der Waals surface area contributed by atoms with Crippen LogP contribution in [0.5, 0.6) is 0 Å². The highest BCUT2D eigenvalue weighted by molar-refractivity contribution is 8.01. The van der Waals surface area contributed by atoms with Crippen molar-refractivity contribution in [2.45, 2.75) is 9.79 Å². The number of rotatable bonds is 8. The summed E-state index contributed by atoms with van der Waals surface area (Å²) in [4.78, 5) is 0.0147. The molecule has 0 fully saturated rings. The molecule has 0 aliphatic carbocycles. The number of benzene rings is 4. The van der Waals surface area contributed by atoms with Gasteiger partial charge in [0.1, 0.15) is 22.3 Å². The van der Waals surface area contributed by atoms with Gasteiger partial charge in [-0.15, -0.1) is 0 Å². The van der Waals surface area contributed by atoms with Crippen molar-refractivity contribution in [2.24, 2.45) is 0 Å². The summed E-state index contributed by atoms with van der Waals surface area (Å²) in [5, 5.41) is 0. The summed E-state index contributed by atoms with van der Waals surface area (Å²) in [6.07, 6.45) is 2.14. The van der Waals surface area contributed by atoms with Crippen molar-refractivity contribution in [3.63, 3.8) is 0 Å². The van der Waals surface area contributed by atoms with Crippen molar-refractivity contribution in [1.29, 1.82) is 0 Å². The lowest BCUT2D eigenvalue weighted by Crippen LogP contribution is -2.06. The maximum absolute atomic E-state index is 13.4. The number of ether oxygens (including phenoxy) is 1. The minimum absolute atomic E-state index is 0.0925. The molecule has 0 amide bonds. The molecule has 0 atom stereocenters. The minimum atomic E-state index is -3.95. The molecule has 0 aliphatic heterocycles. The molecule has 35 heavy (non-hydrogen) atoms. The van der Waals surface area contributed by atoms with Gasteiger partial charge in [-0.1, -0.05) is 97.1 Å². The molecule has 0 spiro atoms. The molecular weight excluding hydrogens is 480 g/mol. The van der Waals surface area contributed by atoms with Crippen molar-refractivity contribution in [3.8, 4) is 0 Å². The summed E-state index contributed by atoms with van der Waals surface area (Å²) >= 11 is 0. The van der Waals surface area contributed by atoms with E-state index in [1.54, 1.807) is 97.1 Å². The zero-order valence-electron chi connectivity index (χ0n) is 18.6. The second-order valence-corrected chi connectivity index (χ2v) is 11.3. The molecule has 5 nitrogen and oxygen atoms in total. The van der Waals surface area contributed by atoms with Crippen LogP contribution in [0, 0.1) is 0 Å². The molecule has 0 aromatic heterocycles. The molecule has 4 aromatic rings. The first-order valence-corrected chi connectivity index (χ1v) is 13.6. The molecule has 4 rings (SSSR count). The van der Waals surface area contributed by atoms with Crippen LogP contribution in [0.15, 0.2) is 144 Å². The van der Waals surface area contributed by atoms with E-state index in [1.807, 2.05) is 0 Å². The van der Waals surface area contributed by atoms with Crippen molar-refractivity contribution in [2.75, 3.05) is 0 Å². The third-order valence-electron chi connectivity index (χ3n) is 5.15. The molecule has 0 radical (unpaired) electrons. The lowest BCUT2D eigenvalue weighted by molar-refractivity contribution is 0.408. The van der Waals surface area contributed by atoms with Crippen molar-refractivity contribution >= 4 is 29.5 Å². The van der Waals surface area contributed by atoms with Crippen LogP contribution in [0.3, 0.4) is 0 Å². The highest BCUT2D eigenvalue weighted by Gasteiger charge is 2.25. The summed E-state index contributed by atoms with van der Waals surface area (Å²) < 4.78 is 59.2. The van der Waals surface area contributed by atoms with Crippen LogP contribution in [0.25, 0.3) is 9.81 Å². The Morgan fingerprint density at radius 3 is 1.06 bits per heavy atom. The molecule has 0 saturated heterocycles. The number of hydrogen-bond acceptors (Lipinski definition) is 5. The molecule has 0 aliphatic rings. The average Bonchev–Trinajstić information content (AvgIpc) is 2.90. The maximum Gasteiger partial charge on any atom is 0.210 e. The van der Waals surface area contributed by atoms with E-state index in [-0.39, 0.29) is 19.6 Å². The first-order chi connectivity index (χ1) is 16.9. The second-order valence-electron chi connectivity index (χ2n) is 7.47. The quantitative estimate of drug-likeness (QED) is 0.278. The van der Waals surface area contributed by atoms with E-state index in [9.17, 15) is 16.8 Å². The summed E-state index contributed by atoms with van der Waals surface area (Å²) in [5.41, 5.74) is 0.828. The first-order valence-electron chi connectivity index (χ1n) is 10.7. The standard InChI is InChI=1S/C28H22O5S2/c29-34(30,25-17-9-3-10-18-25)27(23-13-5-1-6-14-23)21-33-22-28(24-15-7-2-8-16-24)35(31,32)26-19-11-4-12-20-26/h1-22H/b27-21-,28-22-. The Balaban J connectivity index is 1.82. The molecule has 0 unspecified atom stereocenters. The van der Waals surface area contributed by atoms with Gasteiger partial charge in [0.2, 0.25) is 19.7 Å². The maximum atomic E-state index is 13.4. The number of sulfone groups is 2. The van der Waals surface area contributed by atoms with E-state index in [1.165, 1.54) is 24.3 Å². The Bertz CT molecular complexity index is 1420. The van der Waals surface area contributed by atoms with Gasteiger partial charge in [-0.3, -0.25) is 0 Å². The predicted octanol–water partition coefficient (Wildman–Crippen LogP) is 5.95. The number of hydrogen-bond donors (Lipinski definition) is 0. The van der Waals surface area contributed by atoms with Crippen LogP contribution in [0.4, 0.5) is 0 Å². The van der Waals surface area contributed by atoms with Crippen molar-refractivity contribution in [3.05, 3.63) is 145 Å². The van der Waals surface area contributed by atoms with Crippen molar-refractivity contribution < 1.29 is 21.6 Å². The average molecular weight is 503 g/mol. The highest BCUT2D eigenvalue weighted by atomic mass is 32.2. The van der Waals surface area contributed by atoms with E-state index in [0.29, 0.717) is 11.1 Å². The van der Waals surface area contributed by atoms with Crippen LogP contribution in [-0.2, 0) is 24.4 Å². The Labute approximate surface area is 205 Å². The largest absolute Gasteiger partial charge is 0.470 e. The van der Waals surface area contributed by atoms with Gasteiger partial charge >= 0.3 is 0 Å². The topological polar surface area (TPSA) is 77.5 Å². The van der Waals surface area contributed by atoms with E-state index in [2.05, 4.69) is 0 Å². The third kappa shape index (κ3) is 5.42. The van der Waals surface area contributed by atoms with Gasteiger partial charge in [-0.05, 0) is 35.4 Å². The van der Waals surface area contributed by atoms with Gasteiger partial charge in [0.05, 0.1) is 9.79 Å². The van der Waals surface area contributed by atoms with Gasteiger partial charge in [0, 0.05) is 0 Å². The van der Waals surface area contributed by atoms with Gasteiger partial charge in [0.25, 0.3) is 0 Å². The normalized spacial score (nSPS) is 12.8. The fourth-order valence-corrected chi connectivity index (χ4v) is 6.18. The predicted molar refractivity (Wildman–Crippen MR) is 137 cm³/mol. The Kier molecular flexibility index (Phi) is 7.29. The van der Waals surface area contributed by atoms with Gasteiger partial charge < -0.3 is 4.74 Å². The molecule has 0 N–H and O–H groups in total. The van der Waals surface area contributed by atoms with E-state index >= 15 is 0 Å². The monoisotopic (exact) mass is 502 g/mol. The second kappa shape index (κ2) is 10.5. The van der Waals surface area contributed by atoms with Crippen LogP contribution in [0.2, 0.25) is 0 Å². The fraction of sp³-hybridized carbons (Fsp3) is 0. The van der Waals surface area contributed by atoms with Gasteiger partial charge in [0.15, 0.2) is 0 Å². The zero-order chi connectivity index (χ0) is 24.7. The third-order valence-corrected chi connectivity index (χ3v) is 8.76. The highest BCUT2D eigenvalue weighted by Crippen LogP contribution is 2.30. The lowest BCUT2D eigenvalue weighted by atomic mass is 10.2. The molecular formula is C28H22O5S2. The molecule has 0 heterocycles. The van der Waals surface area contributed by atoms with Crippen LogP contribution < -0.4 is 0 Å². The fourth-order valence-electron chi connectivity index (χ4n) is 3.39. The minimum Gasteiger partial charge on any atom is -0.470 e. The van der Waals surface area contributed by atoms with E-state index in [0.717, 1.165) is 12.5 Å². The summed E-state index contributed by atoms with van der Waals surface area (Å²) in [7, 11) is -7.89. The Morgan fingerprint density at radius 1 is 0.457 bits per heavy atom. The molecule has 4 aromatic carbocycles. The first kappa shape index (κ1) is 24.2. The summed E-state index contributed by atoms with van der Waals surface area (Å²) in [6, 6.07) is 33.0. The Hall–Kier alpha value is -3.94. The smallest absolute Gasteiger partial charge is 0.210 e. The zero-order valence-corrected chi connectivity index (χ0v) is 20.2. The molecule has 0 saturated carbocycles. The van der Waals surface area contributed by atoms with Crippen LogP contribution >= 0.6 is 0 Å². The Morgan fingerprint density at radius 2 is 0.743 bits per heavy atom. The van der Waals surface area contributed by atoms with E-state index in [4.69, 9.17) is 4.74 Å². The summed E-state index contributed by atoms with van der Waals surface area (Å²) in [5.74, 6) is 0. The van der Waals surface area contributed by atoms with Crippen LogP contribution in [0.1, 0.15) is 11.1 Å². The van der Waals surface area contributed by atoms with E-state index < -0.39 is 19.7 Å². The van der Waals surface area contributed by atoms with Crippen LogP contribution in [-0.4, -0.2) is 16.8 Å². The lowest BCUT2D eigenvalue weighted by Gasteiger charge is -2.11.